The maximum Gasteiger partial charge on any atom is 0.232 e. The van der Waals surface area contributed by atoms with Gasteiger partial charge in [-0.2, -0.15) is 0 Å². The first-order valence-corrected chi connectivity index (χ1v) is 8.69. The second-order valence-electron chi connectivity index (χ2n) is 6.76. The molecule has 2 aromatic carbocycles. The van der Waals surface area contributed by atoms with Gasteiger partial charge in [0.1, 0.15) is 18.1 Å². The molecule has 27 heavy (non-hydrogen) atoms. The molecule has 5 heteroatoms. The number of fused-ring (bicyclic) bond motifs is 2. The second kappa shape index (κ2) is 6.43. The third kappa shape index (κ3) is 3.01. The third-order valence-electron chi connectivity index (χ3n) is 4.60. The molecule has 0 saturated carbocycles. The Morgan fingerprint density at radius 1 is 1.26 bits per heavy atom. The monoisotopic (exact) mass is 361 g/mol. The van der Waals surface area contributed by atoms with E-state index in [9.17, 15) is 9.59 Å². The zero-order valence-electron chi connectivity index (χ0n) is 15.4. The molecule has 0 fully saturated rings. The number of allylic oxidation sites excluding steroid dienone is 1. The number of para-hydroxylation sites is 1. The molecule has 0 bridgehead atoms. The molecule has 1 aliphatic heterocycles. The minimum Gasteiger partial charge on any atom is -0.486 e. The predicted octanol–water partition coefficient (Wildman–Crippen LogP) is 4.07. The van der Waals surface area contributed by atoms with Crippen molar-refractivity contribution in [3.63, 3.8) is 0 Å². The van der Waals surface area contributed by atoms with Crippen molar-refractivity contribution >= 4 is 28.5 Å². The number of carbonyl (C=O) groups excluding carboxylic acids is 2. The zero-order valence-corrected chi connectivity index (χ0v) is 15.4. The Balaban J connectivity index is 1.71. The van der Waals surface area contributed by atoms with Gasteiger partial charge in [0.25, 0.3) is 0 Å². The lowest BCUT2D eigenvalue weighted by atomic mass is 10.0. The quantitative estimate of drug-likeness (QED) is 0.657. The highest BCUT2D eigenvalue weighted by Gasteiger charge is 2.30. The number of ether oxygens (including phenoxy) is 2. The summed E-state index contributed by atoms with van der Waals surface area (Å²) in [4.78, 5) is 24.0. The number of aromatic nitrogens is 1. The Morgan fingerprint density at radius 2 is 2.04 bits per heavy atom. The molecule has 4 rings (SSSR count). The van der Waals surface area contributed by atoms with Crippen LogP contribution in [0.4, 0.5) is 0 Å². The van der Waals surface area contributed by atoms with Crippen LogP contribution in [0.2, 0.25) is 0 Å². The number of ketones is 2. The molecule has 0 N–H and O–H groups in total. The molecule has 136 valence electrons. The van der Waals surface area contributed by atoms with E-state index in [1.807, 2.05) is 49.0 Å². The standard InChI is InChI=1S/C22H19NO4/c1-13-8-16(26-12-14(2)24)10-19-21(13)22(25)20(27-19)9-15-11-23(3)18-7-5-4-6-17(15)18/h4-11H,12H2,1-3H3/b20-9-. The number of hydrogen-bond acceptors (Lipinski definition) is 4. The molecule has 0 radical (unpaired) electrons. The molecule has 0 saturated heterocycles. The minimum atomic E-state index is -0.145. The van der Waals surface area contributed by atoms with Crippen molar-refractivity contribution in [1.29, 1.82) is 0 Å². The maximum absolute atomic E-state index is 12.8. The average Bonchev–Trinajstić information content (AvgIpc) is 3.11. The number of carbonyl (C=O) groups is 2. The fourth-order valence-corrected chi connectivity index (χ4v) is 3.37. The van der Waals surface area contributed by atoms with Gasteiger partial charge in [0.05, 0.1) is 5.56 Å². The van der Waals surface area contributed by atoms with Gasteiger partial charge < -0.3 is 14.0 Å². The first-order valence-electron chi connectivity index (χ1n) is 8.69. The van der Waals surface area contributed by atoms with Crippen LogP contribution in [-0.2, 0) is 11.8 Å². The largest absolute Gasteiger partial charge is 0.486 e. The highest BCUT2D eigenvalue weighted by Crippen LogP contribution is 2.38. The lowest BCUT2D eigenvalue weighted by Crippen LogP contribution is -2.06. The number of hydrogen-bond donors (Lipinski definition) is 0. The summed E-state index contributed by atoms with van der Waals surface area (Å²) >= 11 is 0. The van der Waals surface area contributed by atoms with Crippen LogP contribution < -0.4 is 9.47 Å². The van der Waals surface area contributed by atoms with Gasteiger partial charge in [-0.1, -0.05) is 18.2 Å². The molecule has 3 aromatic rings. The lowest BCUT2D eigenvalue weighted by molar-refractivity contribution is -0.118. The van der Waals surface area contributed by atoms with E-state index < -0.39 is 0 Å². The topological polar surface area (TPSA) is 57.5 Å². The molecular weight excluding hydrogens is 342 g/mol. The van der Waals surface area contributed by atoms with E-state index in [1.165, 1.54) is 6.92 Å². The first-order chi connectivity index (χ1) is 12.9. The Bertz CT molecular complexity index is 1120. The van der Waals surface area contributed by atoms with Gasteiger partial charge >= 0.3 is 0 Å². The fraction of sp³-hybridized carbons (Fsp3) is 0.182. The van der Waals surface area contributed by atoms with E-state index in [0.717, 1.165) is 22.0 Å². The van der Waals surface area contributed by atoms with Crippen molar-refractivity contribution in [2.45, 2.75) is 13.8 Å². The Hall–Kier alpha value is -3.34. The summed E-state index contributed by atoms with van der Waals surface area (Å²) in [6.45, 7) is 3.29. The summed E-state index contributed by atoms with van der Waals surface area (Å²) in [7, 11) is 1.97. The zero-order chi connectivity index (χ0) is 19.1. The summed E-state index contributed by atoms with van der Waals surface area (Å²) in [6.07, 6.45) is 3.76. The van der Waals surface area contributed by atoms with Crippen molar-refractivity contribution in [2.75, 3.05) is 6.61 Å². The average molecular weight is 361 g/mol. The summed E-state index contributed by atoms with van der Waals surface area (Å²) in [5.74, 6) is 1.05. The van der Waals surface area contributed by atoms with Crippen LogP contribution in [0.15, 0.2) is 48.4 Å². The molecule has 1 aromatic heterocycles. The summed E-state index contributed by atoms with van der Waals surface area (Å²) in [5, 5.41) is 1.06. The number of nitrogens with zero attached hydrogens (tertiary/aromatic N) is 1. The van der Waals surface area contributed by atoms with E-state index in [-0.39, 0.29) is 23.9 Å². The highest BCUT2D eigenvalue weighted by molar-refractivity contribution is 6.16. The molecular formula is C22H19NO4. The van der Waals surface area contributed by atoms with Gasteiger partial charge in [0, 0.05) is 35.8 Å². The van der Waals surface area contributed by atoms with Gasteiger partial charge in [-0.3, -0.25) is 9.59 Å². The van der Waals surface area contributed by atoms with Crippen LogP contribution in [-0.4, -0.2) is 22.7 Å². The first kappa shape index (κ1) is 17.1. The smallest absolute Gasteiger partial charge is 0.232 e. The number of aryl methyl sites for hydroxylation is 2. The minimum absolute atomic E-state index is 0.00905. The molecule has 5 nitrogen and oxygen atoms in total. The second-order valence-corrected chi connectivity index (χ2v) is 6.76. The highest BCUT2D eigenvalue weighted by atomic mass is 16.5. The molecule has 0 spiro atoms. The van der Waals surface area contributed by atoms with Crippen molar-refractivity contribution < 1.29 is 19.1 Å². The van der Waals surface area contributed by atoms with Crippen molar-refractivity contribution in [3.8, 4) is 11.5 Å². The SMILES string of the molecule is CC(=O)COc1cc(C)c2c(c1)O/C(=C\c1cn(C)c3ccccc13)C2=O. The molecule has 0 unspecified atom stereocenters. The van der Waals surface area contributed by atoms with Crippen LogP contribution in [0.3, 0.4) is 0 Å². The van der Waals surface area contributed by atoms with Gasteiger partial charge in [-0.15, -0.1) is 0 Å². The van der Waals surface area contributed by atoms with Crippen LogP contribution in [0.5, 0.6) is 11.5 Å². The third-order valence-corrected chi connectivity index (χ3v) is 4.60. The predicted molar refractivity (Wildman–Crippen MR) is 103 cm³/mol. The van der Waals surface area contributed by atoms with Crippen molar-refractivity contribution in [3.05, 3.63) is 65.0 Å². The van der Waals surface area contributed by atoms with E-state index in [1.54, 1.807) is 18.2 Å². The fourth-order valence-electron chi connectivity index (χ4n) is 3.37. The molecule has 0 atom stereocenters. The molecule has 0 aliphatic carbocycles. The maximum atomic E-state index is 12.8. The number of benzene rings is 2. The van der Waals surface area contributed by atoms with E-state index in [2.05, 4.69) is 0 Å². The normalized spacial score (nSPS) is 14.5. The Labute approximate surface area is 156 Å². The van der Waals surface area contributed by atoms with Crippen LogP contribution in [0, 0.1) is 6.92 Å². The van der Waals surface area contributed by atoms with Crippen molar-refractivity contribution in [1.82, 2.24) is 4.57 Å². The van der Waals surface area contributed by atoms with Crippen LogP contribution >= 0.6 is 0 Å². The van der Waals surface area contributed by atoms with Crippen LogP contribution in [0.1, 0.15) is 28.4 Å². The van der Waals surface area contributed by atoms with Gasteiger partial charge in [0.2, 0.25) is 5.78 Å². The number of rotatable bonds is 4. The van der Waals surface area contributed by atoms with E-state index >= 15 is 0 Å². The molecule has 2 heterocycles. The Kier molecular flexibility index (Phi) is 4.07. The van der Waals surface area contributed by atoms with Gasteiger partial charge in [0.15, 0.2) is 11.5 Å². The van der Waals surface area contributed by atoms with E-state index in [4.69, 9.17) is 9.47 Å². The summed E-state index contributed by atoms with van der Waals surface area (Å²) in [5.41, 5.74) is 3.31. The molecule has 1 aliphatic rings. The molecule has 0 amide bonds. The summed E-state index contributed by atoms with van der Waals surface area (Å²) in [6, 6.07) is 11.4. The number of Topliss-reactive ketones (excluding diaryl/α,β-unsaturated/α-hetero) is 2. The van der Waals surface area contributed by atoms with Crippen LogP contribution in [0.25, 0.3) is 17.0 Å². The Morgan fingerprint density at radius 3 is 2.81 bits per heavy atom. The van der Waals surface area contributed by atoms with Gasteiger partial charge in [-0.25, -0.2) is 0 Å². The van der Waals surface area contributed by atoms with E-state index in [0.29, 0.717) is 17.1 Å². The lowest BCUT2D eigenvalue weighted by Gasteiger charge is -2.07. The van der Waals surface area contributed by atoms with Crippen molar-refractivity contribution in [2.24, 2.45) is 7.05 Å². The van der Waals surface area contributed by atoms with Gasteiger partial charge in [-0.05, 0) is 37.6 Å². The summed E-state index contributed by atoms with van der Waals surface area (Å²) < 4.78 is 13.3.